The van der Waals surface area contributed by atoms with E-state index in [9.17, 15) is 4.39 Å². The van der Waals surface area contributed by atoms with E-state index in [0.717, 1.165) is 17.5 Å². The number of ether oxygens (including phenoxy) is 1. The monoisotopic (exact) mass is 383 g/mol. The van der Waals surface area contributed by atoms with Crippen LogP contribution in [0.1, 0.15) is 18.6 Å². The number of rotatable bonds is 7. The van der Waals surface area contributed by atoms with E-state index in [2.05, 4.69) is 20.3 Å². The second-order valence-electron chi connectivity index (χ2n) is 5.00. The molecule has 25 heavy (non-hydrogen) atoms. The minimum absolute atomic E-state index is 0.160. The van der Waals surface area contributed by atoms with Crippen LogP contribution in [0, 0.1) is 5.82 Å². The summed E-state index contributed by atoms with van der Waals surface area (Å²) >= 11 is 7.30. The van der Waals surface area contributed by atoms with E-state index in [1.54, 1.807) is 7.11 Å². The van der Waals surface area contributed by atoms with E-state index in [-0.39, 0.29) is 11.4 Å². The van der Waals surface area contributed by atoms with E-state index in [4.69, 9.17) is 20.9 Å². The standard InChI is InChI=1S/C15H15ClFN5O2S/c1-3-22-12(7-23-2)19-20-15(22)25-8-13-18-14(21-24-13)10-6-9(16)4-5-11(10)17/h4-6H,3,7-8H2,1-2H3. The van der Waals surface area contributed by atoms with Gasteiger partial charge in [0.2, 0.25) is 11.7 Å². The van der Waals surface area contributed by atoms with Gasteiger partial charge in [-0.2, -0.15) is 4.98 Å². The van der Waals surface area contributed by atoms with Gasteiger partial charge >= 0.3 is 0 Å². The first kappa shape index (κ1) is 17.8. The Morgan fingerprint density at radius 2 is 2.20 bits per heavy atom. The van der Waals surface area contributed by atoms with Crippen LogP contribution in [-0.4, -0.2) is 32.0 Å². The summed E-state index contributed by atoms with van der Waals surface area (Å²) in [6, 6.07) is 4.19. The molecule has 0 aliphatic carbocycles. The zero-order valence-corrected chi connectivity index (χ0v) is 15.1. The van der Waals surface area contributed by atoms with Gasteiger partial charge in [-0.05, 0) is 25.1 Å². The van der Waals surface area contributed by atoms with Gasteiger partial charge in [0, 0.05) is 18.7 Å². The summed E-state index contributed by atoms with van der Waals surface area (Å²) in [6.45, 7) is 3.11. The van der Waals surface area contributed by atoms with Crippen LogP contribution in [0.5, 0.6) is 0 Å². The molecule has 0 amide bonds. The van der Waals surface area contributed by atoms with Crippen molar-refractivity contribution < 1.29 is 13.7 Å². The van der Waals surface area contributed by atoms with Crippen LogP contribution >= 0.6 is 23.4 Å². The minimum Gasteiger partial charge on any atom is -0.377 e. The number of benzene rings is 1. The number of thioether (sulfide) groups is 1. The predicted molar refractivity (Wildman–Crippen MR) is 90.7 cm³/mol. The molecule has 2 aromatic heterocycles. The van der Waals surface area contributed by atoms with Gasteiger partial charge in [-0.3, -0.25) is 0 Å². The van der Waals surface area contributed by atoms with Crippen molar-refractivity contribution in [3.05, 3.63) is 40.8 Å². The maximum absolute atomic E-state index is 13.9. The van der Waals surface area contributed by atoms with Crippen LogP contribution in [0.25, 0.3) is 11.4 Å². The Bertz CT molecular complexity index is 869. The SMILES string of the molecule is CCn1c(COC)nnc1SCc1nc(-c2cc(Cl)ccc2F)no1. The highest BCUT2D eigenvalue weighted by atomic mass is 35.5. The third-order valence-electron chi connectivity index (χ3n) is 3.35. The summed E-state index contributed by atoms with van der Waals surface area (Å²) < 4.78 is 26.1. The van der Waals surface area contributed by atoms with E-state index < -0.39 is 5.82 Å². The lowest BCUT2D eigenvalue weighted by Gasteiger charge is -2.05. The highest BCUT2D eigenvalue weighted by Crippen LogP contribution is 2.26. The molecule has 0 radical (unpaired) electrons. The third-order valence-corrected chi connectivity index (χ3v) is 4.53. The lowest BCUT2D eigenvalue weighted by atomic mass is 10.2. The van der Waals surface area contributed by atoms with Crippen molar-refractivity contribution in [1.29, 1.82) is 0 Å². The topological polar surface area (TPSA) is 78.9 Å². The zero-order chi connectivity index (χ0) is 17.8. The van der Waals surface area contributed by atoms with Crippen molar-refractivity contribution >= 4 is 23.4 Å². The first-order valence-corrected chi connectivity index (χ1v) is 8.80. The molecule has 0 aliphatic rings. The fourth-order valence-electron chi connectivity index (χ4n) is 2.20. The van der Waals surface area contributed by atoms with Gasteiger partial charge in [0.15, 0.2) is 11.0 Å². The largest absolute Gasteiger partial charge is 0.377 e. The zero-order valence-electron chi connectivity index (χ0n) is 13.6. The Morgan fingerprint density at radius 3 is 2.96 bits per heavy atom. The Morgan fingerprint density at radius 1 is 1.36 bits per heavy atom. The summed E-state index contributed by atoms with van der Waals surface area (Å²) in [5.41, 5.74) is 0.201. The van der Waals surface area contributed by atoms with Gasteiger partial charge < -0.3 is 13.8 Å². The molecule has 0 saturated carbocycles. The number of aromatic nitrogens is 5. The van der Waals surface area contributed by atoms with Gasteiger partial charge in [0.05, 0.1) is 11.3 Å². The van der Waals surface area contributed by atoms with Crippen molar-refractivity contribution in [3.8, 4) is 11.4 Å². The second-order valence-corrected chi connectivity index (χ2v) is 6.38. The molecular weight excluding hydrogens is 369 g/mol. The molecule has 0 spiro atoms. The lowest BCUT2D eigenvalue weighted by Crippen LogP contribution is -2.04. The summed E-state index contributed by atoms with van der Waals surface area (Å²) in [5.74, 6) is 1.20. The Balaban J connectivity index is 1.73. The van der Waals surface area contributed by atoms with Crippen molar-refractivity contribution in [1.82, 2.24) is 24.9 Å². The predicted octanol–water partition coefficient (Wildman–Crippen LogP) is 3.58. The maximum Gasteiger partial charge on any atom is 0.237 e. The second kappa shape index (κ2) is 7.94. The van der Waals surface area contributed by atoms with Crippen LogP contribution in [0.4, 0.5) is 4.39 Å². The number of nitrogens with zero attached hydrogens (tertiary/aromatic N) is 5. The van der Waals surface area contributed by atoms with Crippen molar-refractivity contribution in [3.63, 3.8) is 0 Å². The quantitative estimate of drug-likeness (QED) is 0.577. The van der Waals surface area contributed by atoms with Crippen LogP contribution < -0.4 is 0 Å². The molecule has 0 unspecified atom stereocenters. The maximum atomic E-state index is 13.9. The number of methoxy groups -OCH3 is 1. The molecule has 0 N–H and O–H groups in total. The summed E-state index contributed by atoms with van der Waals surface area (Å²) in [4.78, 5) is 4.22. The normalized spacial score (nSPS) is 11.2. The first-order chi connectivity index (χ1) is 12.1. The van der Waals surface area contributed by atoms with E-state index >= 15 is 0 Å². The van der Waals surface area contributed by atoms with E-state index in [1.807, 2.05) is 11.5 Å². The average Bonchev–Trinajstić information content (AvgIpc) is 3.22. The summed E-state index contributed by atoms with van der Waals surface area (Å²) in [5, 5.41) is 13.2. The molecule has 1 aromatic carbocycles. The minimum atomic E-state index is -0.459. The molecule has 10 heteroatoms. The van der Waals surface area contributed by atoms with E-state index in [0.29, 0.717) is 23.3 Å². The van der Waals surface area contributed by atoms with Gasteiger partial charge in [-0.1, -0.05) is 28.5 Å². The van der Waals surface area contributed by atoms with Crippen LogP contribution in [0.3, 0.4) is 0 Å². The molecule has 0 saturated heterocycles. The Kier molecular flexibility index (Phi) is 5.67. The molecule has 7 nitrogen and oxygen atoms in total. The molecule has 3 aromatic rings. The Labute approximate surface area is 152 Å². The number of hydrogen-bond donors (Lipinski definition) is 0. The molecular formula is C15H15ClFN5O2S. The Hall–Kier alpha value is -1.97. The molecule has 0 fully saturated rings. The fourth-order valence-corrected chi connectivity index (χ4v) is 3.23. The molecule has 3 rings (SSSR count). The third kappa shape index (κ3) is 4.00. The highest BCUT2D eigenvalue weighted by molar-refractivity contribution is 7.98. The van der Waals surface area contributed by atoms with Gasteiger partial charge in [-0.25, -0.2) is 4.39 Å². The van der Waals surface area contributed by atoms with E-state index in [1.165, 1.54) is 30.0 Å². The average molecular weight is 384 g/mol. The number of hydrogen-bond acceptors (Lipinski definition) is 7. The highest BCUT2D eigenvalue weighted by Gasteiger charge is 2.16. The van der Waals surface area contributed by atoms with Crippen molar-refractivity contribution in [2.75, 3.05) is 7.11 Å². The van der Waals surface area contributed by atoms with Gasteiger partial charge in [-0.15, -0.1) is 10.2 Å². The van der Waals surface area contributed by atoms with Crippen LogP contribution in [-0.2, 0) is 23.6 Å². The number of halogens is 2. The van der Waals surface area contributed by atoms with Crippen molar-refractivity contribution in [2.24, 2.45) is 0 Å². The molecule has 2 heterocycles. The van der Waals surface area contributed by atoms with Gasteiger partial charge in [0.25, 0.3) is 0 Å². The molecule has 0 bridgehead atoms. The molecule has 0 atom stereocenters. The van der Waals surface area contributed by atoms with Gasteiger partial charge in [0.1, 0.15) is 12.4 Å². The van der Waals surface area contributed by atoms with Crippen LogP contribution in [0.2, 0.25) is 5.02 Å². The summed E-state index contributed by atoms with van der Waals surface area (Å²) in [6.07, 6.45) is 0. The lowest BCUT2D eigenvalue weighted by molar-refractivity contribution is 0.173. The van der Waals surface area contributed by atoms with Crippen molar-refractivity contribution in [2.45, 2.75) is 31.0 Å². The fraction of sp³-hybridized carbons (Fsp3) is 0.333. The molecule has 132 valence electrons. The first-order valence-electron chi connectivity index (χ1n) is 7.44. The smallest absolute Gasteiger partial charge is 0.237 e. The molecule has 0 aliphatic heterocycles. The summed E-state index contributed by atoms with van der Waals surface area (Å²) in [7, 11) is 1.61. The van der Waals surface area contributed by atoms with Crippen LogP contribution in [0.15, 0.2) is 27.9 Å².